The molecule has 2 aliphatic rings. The van der Waals surface area contributed by atoms with Gasteiger partial charge in [0.2, 0.25) is 0 Å². The number of methoxy groups -OCH3 is 2. The average Bonchev–Trinajstić information content (AvgIpc) is 2.95. The third-order valence-electron chi connectivity index (χ3n) is 6.77. The Morgan fingerprint density at radius 3 is 2.32 bits per heavy atom. The second-order valence-electron chi connectivity index (χ2n) is 9.03. The minimum absolute atomic E-state index is 0.0657. The fourth-order valence-electron chi connectivity index (χ4n) is 4.62. The first-order valence-electron chi connectivity index (χ1n) is 12.2. The van der Waals surface area contributed by atoms with Crippen molar-refractivity contribution in [2.24, 2.45) is 0 Å². The Morgan fingerprint density at radius 2 is 1.63 bits per heavy atom. The molecule has 0 atom stereocenters. The number of hydrogen-bond acceptors (Lipinski definition) is 6. The Labute approximate surface area is 225 Å². The Kier molecular flexibility index (Phi) is 7.28. The Hall–Kier alpha value is -3.98. The van der Waals surface area contributed by atoms with Crippen molar-refractivity contribution >= 4 is 41.0 Å². The van der Waals surface area contributed by atoms with Crippen LogP contribution in [0, 0.1) is 5.82 Å². The van der Waals surface area contributed by atoms with Crippen LogP contribution in [0.15, 0.2) is 70.5 Å². The second-order valence-corrected chi connectivity index (χ2v) is 10.1. The highest BCUT2D eigenvalue weighted by Gasteiger charge is 2.29. The Balaban J connectivity index is 1.31. The molecule has 0 aromatic heterocycles. The number of amides is 2. The second kappa shape index (κ2) is 10.8. The van der Waals surface area contributed by atoms with Gasteiger partial charge in [0, 0.05) is 49.4 Å². The van der Waals surface area contributed by atoms with E-state index in [2.05, 4.69) is 4.90 Å². The molecule has 1 saturated heterocycles. The summed E-state index contributed by atoms with van der Waals surface area (Å²) in [5.74, 6) is 0.735. The first-order valence-corrected chi connectivity index (χ1v) is 13.0. The van der Waals surface area contributed by atoms with E-state index in [1.165, 1.54) is 23.9 Å². The number of rotatable bonds is 5. The van der Waals surface area contributed by atoms with E-state index in [-0.39, 0.29) is 17.6 Å². The van der Waals surface area contributed by atoms with Crippen LogP contribution in [0.2, 0.25) is 0 Å². The smallest absolute Gasteiger partial charge is 0.264 e. The molecule has 2 heterocycles. The first kappa shape index (κ1) is 25.7. The zero-order valence-corrected chi connectivity index (χ0v) is 22.3. The van der Waals surface area contributed by atoms with Crippen LogP contribution in [-0.2, 0) is 4.79 Å². The number of ether oxygens (including phenoxy) is 2. The number of fused-ring (bicyclic) bond motifs is 1. The maximum Gasteiger partial charge on any atom is 0.264 e. The van der Waals surface area contributed by atoms with Gasteiger partial charge in [-0.1, -0.05) is 17.8 Å². The van der Waals surface area contributed by atoms with Gasteiger partial charge in [0.15, 0.2) is 11.5 Å². The maximum absolute atomic E-state index is 13.3. The molecule has 9 heteroatoms. The summed E-state index contributed by atoms with van der Waals surface area (Å²) < 4.78 is 23.9. The van der Waals surface area contributed by atoms with Crippen LogP contribution in [0.5, 0.6) is 11.5 Å². The summed E-state index contributed by atoms with van der Waals surface area (Å²) in [7, 11) is 4.87. The van der Waals surface area contributed by atoms with Crippen molar-refractivity contribution in [2.45, 2.75) is 4.90 Å². The summed E-state index contributed by atoms with van der Waals surface area (Å²) in [5, 5.41) is 0. The van der Waals surface area contributed by atoms with Gasteiger partial charge in [-0.3, -0.25) is 9.59 Å². The summed E-state index contributed by atoms with van der Waals surface area (Å²) in [6.07, 6.45) is 1.83. The van der Waals surface area contributed by atoms with Crippen molar-refractivity contribution in [3.63, 3.8) is 0 Å². The molecule has 0 aliphatic carbocycles. The van der Waals surface area contributed by atoms with Gasteiger partial charge >= 0.3 is 0 Å². The quantitative estimate of drug-likeness (QED) is 0.434. The van der Waals surface area contributed by atoms with Crippen LogP contribution in [0.1, 0.15) is 15.9 Å². The number of likely N-dealkylation sites (N-methyl/N-ethyl adjacent to an activating group) is 1. The zero-order valence-electron chi connectivity index (χ0n) is 21.4. The van der Waals surface area contributed by atoms with Gasteiger partial charge in [-0.25, -0.2) is 4.39 Å². The highest BCUT2D eigenvalue weighted by Crippen LogP contribution is 2.42. The lowest BCUT2D eigenvalue weighted by Crippen LogP contribution is -2.48. The van der Waals surface area contributed by atoms with Crippen LogP contribution in [-0.4, -0.2) is 64.2 Å². The minimum atomic E-state index is -0.264. The highest BCUT2D eigenvalue weighted by atomic mass is 32.2. The van der Waals surface area contributed by atoms with E-state index >= 15 is 0 Å². The van der Waals surface area contributed by atoms with Gasteiger partial charge in [-0.15, -0.1) is 0 Å². The topological polar surface area (TPSA) is 62.3 Å². The lowest BCUT2D eigenvalue weighted by Gasteiger charge is -2.36. The summed E-state index contributed by atoms with van der Waals surface area (Å²) in [5.41, 5.74) is 3.02. The molecule has 2 aliphatic heterocycles. The van der Waals surface area contributed by atoms with E-state index in [9.17, 15) is 14.0 Å². The van der Waals surface area contributed by atoms with Crippen LogP contribution in [0.4, 0.5) is 15.8 Å². The number of piperazine rings is 1. The molecule has 0 N–H and O–H groups in total. The fourth-order valence-corrected chi connectivity index (χ4v) is 5.72. The monoisotopic (exact) mass is 533 g/mol. The van der Waals surface area contributed by atoms with E-state index in [0.29, 0.717) is 53.8 Å². The zero-order chi connectivity index (χ0) is 26.8. The van der Waals surface area contributed by atoms with Crippen molar-refractivity contribution in [1.29, 1.82) is 0 Å². The average molecular weight is 534 g/mol. The number of halogens is 1. The van der Waals surface area contributed by atoms with Crippen molar-refractivity contribution in [2.75, 3.05) is 57.2 Å². The van der Waals surface area contributed by atoms with Crippen LogP contribution >= 0.6 is 11.8 Å². The molecule has 0 saturated carbocycles. The molecule has 7 nitrogen and oxygen atoms in total. The molecule has 2 amide bonds. The fraction of sp³-hybridized carbons (Fsp3) is 0.241. The standard InChI is InChI=1S/C29H28FN3O4S/c1-31-23-18-20(28(34)33-14-12-32(13-15-33)22-8-6-21(30)7-9-22)5-11-26(23)38-27(29(31)35)17-19-4-10-24(36-2)25(16-19)37-3/h4-11,16-18H,12-15H2,1-3H3. The highest BCUT2D eigenvalue weighted by molar-refractivity contribution is 8.04. The van der Waals surface area contributed by atoms with E-state index in [1.807, 2.05) is 35.2 Å². The number of carbonyl (C=O) groups is 2. The van der Waals surface area contributed by atoms with Crippen LogP contribution in [0.3, 0.4) is 0 Å². The van der Waals surface area contributed by atoms with Gasteiger partial charge < -0.3 is 24.2 Å². The van der Waals surface area contributed by atoms with Gasteiger partial charge in [0.1, 0.15) is 5.82 Å². The normalized spacial score (nSPS) is 16.5. The van der Waals surface area contributed by atoms with E-state index in [1.54, 1.807) is 50.4 Å². The Bertz CT molecular complexity index is 1400. The predicted molar refractivity (Wildman–Crippen MR) is 148 cm³/mol. The molecular weight excluding hydrogens is 505 g/mol. The molecule has 3 aromatic rings. The summed E-state index contributed by atoms with van der Waals surface area (Å²) >= 11 is 1.38. The minimum Gasteiger partial charge on any atom is -0.493 e. The van der Waals surface area contributed by atoms with Gasteiger partial charge in [0.25, 0.3) is 11.8 Å². The maximum atomic E-state index is 13.3. The summed E-state index contributed by atoms with van der Waals surface area (Å²) in [6, 6.07) is 17.4. The van der Waals surface area contributed by atoms with Gasteiger partial charge in [-0.05, 0) is 66.2 Å². The molecule has 0 unspecified atom stereocenters. The van der Waals surface area contributed by atoms with Gasteiger partial charge in [-0.2, -0.15) is 0 Å². The van der Waals surface area contributed by atoms with E-state index < -0.39 is 0 Å². The molecule has 38 heavy (non-hydrogen) atoms. The molecule has 1 fully saturated rings. The van der Waals surface area contributed by atoms with E-state index in [0.717, 1.165) is 16.1 Å². The molecule has 0 bridgehead atoms. The first-order chi connectivity index (χ1) is 18.4. The van der Waals surface area contributed by atoms with Crippen molar-refractivity contribution in [3.8, 4) is 11.5 Å². The van der Waals surface area contributed by atoms with Crippen molar-refractivity contribution < 1.29 is 23.5 Å². The largest absolute Gasteiger partial charge is 0.493 e. The Morgan fingerprint density at radius 1 is 0.921 bits per heavy atom. The lowest BCUT2D eigenvalue weighted by molar-refractivity contribution is -0.114. The van der Waals surface area contributed by atoms with Crippen molar-refractivity contribution in [3.05, 3.63) is 82.5 Å². The third-order valence-corrected chi connectivity index (χ3v) is 7.84. The SMILES string of the molecule is COc1ccc(C=C2Sc3ccc(C(=O)N4CCN(c5ccc(F)cc5)CC4)cc3N(C)C2=O)cc1OC. The van der Waals surface area contributed by atoms with Crippen LogP contribution in [0.25, 0.3) is 6.08 Å². The number of hydrogen-bond donors (Lipinski definition) is 0. The number of nitrogens with zero attached hydrogens (tertiary/aromatic N) is 3. The molecular formula is C29H28FN3O4S. The molecule has 5 rings (SSSR count). The summed E-state index contributed by atoms with van der Waals surface area (Å²) in [6.45, 7) is 2.46. The van der Waals surface area contributed by atoms with Gasteiger partial charge in [0.05, 0.1) is 24.8 Å². The van der Waals surface area contributed by atoms with E-state index in [4.69, 9.17) is 9.47 Å². The number of thioether (sulfide) groups is 1. The number of carbonyl (C=O) groups excluding carboxylic acids is 2. The third kappa shape index (κ3) is 5.06. The molecule has 0 spiro atoms. The molecule has 196 valence electrons. The predicted octanol–water partition coefficient (Wildman–Crippen LogP) is 4.91. The number of benzene rings is 3. The number of anilines is 2. The molecule has 3 aromatic carbocycles. The van der Waals surface area contributed by atoms with Crippen LogP contribution < -0.4 is 19.3 Å². The van der Waals surface area contributed by atoms with Crippen molar-refractivity contribution in [1.82, 2.24) is 4.90 Å². The lowest BCUT2D eigenvalue weighted by atomic mass is 10.1. The summed E-state index contributed by atoms with van der Waals surface area (Å²) in [4.78, 5) is 33.5. The molecule has 0 radical (unpaired) electrons.